The summed E-state index contributed by atoms with van der Waals surface area (Å²) in [7, 11) is 3.72. The molecule has 0 fully saturated rings. The topological polar surface area (TPSA) is 99.8 Å². The second-order valence-corrected chi connectivity index (χ2v) is 10.7. The Bertz CT molecular complexity index is 911. The molecule has 3 amide bonds. The summed E-state index contributed by atoms with van der Waals surface area (Å²) in [6.07, 6.45) is 3.99. The van der Waals surface area contributed by atoms with Crippen LogP contribution in [-0.4, -0.2) is 60.9 Å². The monoisotopic (exact) mass is 500 g/mol. The zero-order chi connectivity index (χ0) is 27.0. The average molecular weight is 501 g/mol. The maximum atomic E-state index is 13.7. The minimum Gasteiger partial charge on any atom is -0.487 e. The van der Waals surface area contributed by atoms with Crippen LogP contribution in [0.4, 0.5) is 0 Å². The first-order chi connectivity index (χ1) is 16.9. The first-order valence-corrected chi connectivity index (χ1v) is 12.9. The summed E-state index contributed by atoms with van der Waals surface area (Å²) in [5.74, 6) is -0.241. The number of ether oxygens (including phenoxy) is 1. The van der Waals surface area contributed by atoms with E-state index in [4.69, 9.17) is 4.74 Å². The largest absolute Gasteiger partial charge is 0.487 e. The average Bonchev–Trinajstić information content (AvgIpc) is 2.80. The van der Waals surface area contributed by atoms with E-state index in [0.717, 1.165) is 12.0 Å². The van der Waals surface area contributed by atoms with Crippen LogP contribution >= 0.6 is 0 Å². The van der Waals surface area contributed by atoms with Gasteiger partial charge in [-0.1, -0.05) is 60.1 Å². The Hall–Kier alpha value is -2.87. The number of carbonyl (C=O) groups is 3. The molecule has 0 saturated carbocycles. The summed E-state index contributed by atoms with van der Waals surface area (Å²) in [5, 5.41) is 8.68. The number of rotatable bonds is 8. The second kappa shape index (κ2) is 13.4. The minimum atomic E-state index is -0.996. The van der Waals surface area contributed by atoms with Crippen LogP contribution in [0.15, 0.2) is 30.5 Å². The van der Waals surface area contributed by atoms with Gasteiger partial charge in [0.15, 0.2) is 0 Å². The molecular weight excluding hydrogens is 456 g/mol. The van der Waals surface area contributed by atoms with Gasteiger partial charge in [-0.25, -0.2) is 0 Å². The van der Waals surface area contributed by atoms with Gasteiger partial charge in [0.05, 0.1) is 6.04 Å². The SMILES string of the molecule is CC[C@H](C)[C@@H](C(=O)N[C@@H]1C(=O)N[C@@H](CC(C)C)C(=O)NC=Cc2ccc(cc2)O[C@@H]1C(C)C)N(C)C. The highest BCUT2D eigenvalue weighted by Gasteiger charge is 2.38. The molecule has 8 heteroatoms. The van der Waals surface area contributed by atoms with Crippen LogP contribution in [0, 0.1) is 17.8 Å². The van der Waals surface area contributed by atoms with E-state index in [1.165, 1.54) is 0 Å². The van der Waals surface area contributed by atoms with E-state index in [1.807, 2.05) is 84.8 Å². The van der Waals surface area contributed by atoms with Gasteiger partial charge in [0.2, 0.25) is 17.7 Å². The van der Waals surface area contributed by atoms with Gasteiger partial charge >= 0.3 is 0 Å². The Morgan fingerprint density at radius 1 is 1.06 bits per heavy atom. The molecule has 36 heavy (non-hydrogen) atoms. The fraction of sp³-hybridized carbons (Fsp3) is 0.607. The van der Waals surface area contributed by atoms with Gasteiger partial charge in [0.25, 0.3) is 0 Å². The van der Waals surface area contributed by atoms with Gasteiger partial charge in [-0.3, -0.25) is 19.3 Å². The molecule has 1 aromatic carbocycles. The minimum absolute atomic E-state index is 0.0822. The number of carbonyl (C=O) groups excluding carboxylic acids is 3. The Labute approximate surface area is 216 Å². The highest BCUT2D eigenvalue weighted by Crippen LogP contribution is 2.22. The number of amides is 3. The maximum Gasteiger partial charge on any atom is 0.247 e. The maximum absolute atomic E-state index is 13.7. The molecule has 2 heterocycles. The van der Waals surface area contributed by atoms with Crippen molar-refractivity contribution in [2.24, 2.45) is 17.8 Å². The molecule has 2 bridgehead atoms. The quantitative estimate of drug-likeness (QED) is 0.509. The van der Waals surface area contributed by atoms with Crippen molar-refractivity contribution in [3.05, 3.63) is 36.0 Å². The number of likely N-dealkylation sites (N-methyl/N-ethyl adjacent to an activating group) is 1. The van der Waals surface area contributed by atoms with Crippen LogP contribution in [0.3, 0.4) is 0 Å². The molecule has 0 aromatic heterocycles. The van der Waals surface area contributed by atoms with Crippen molar-refractivity contribution in [1.29, 1.82) is 0 Å². The van der Waals surface area contributed by atoms with Crippen molar-refractivity contribution in [2.45, 2.75) is 78.6 Å². The van der Waals surface area contributed by atoms with Gasteiger partial charge in [0.1, 0.15) is 23.9 Å². The van der Waals surface area contributed by atoms with Gasteiger partial charge < -0.3 is 20.7 Å². The Morgan fingerprint density at radius 3 is 2.22 bits per heavy atom. The summed E-state index contributed by atoms with van der Waals surface area (Å²) in [6.45, 7) is 12.0. The fourth-order valence-corrected chi connectivity index (χ4v) is 4.45. The molecule has 2 aliphatic rings. The standard InChI is InChI=1S/C28H44N4O4/c1-9-19(6)24(32(7)8)28(35)31-23-25(18(4)5)36-21-12-10-20(11-13-21)14-15-29-26(33)22(16-17(2)3)30-27(23)34/h10-15,17-19,22-25H,9,16H2,1-8H3,(H,29,33)(H,30,34)(H,31,35)/t19-,22-,23-,24-,25+/m0/s1. The number of fused-ring (bicyclic) bond motifs is 10. The lowest BCUT2D eigenvalue weighted by atomic mass is 9.94. The Morgan fingerprint density at radius 2 is 1.69 bits per heavy atom. The smallest absolute Gasteiger partial charge is 0.247 e. The first kappa shape index (κ1) is 29.4. The summed E-state index contributed by atoms with van der Waals surface area (Å²) >= 11 is 0. The first-order valence-electron chi connectivity index (χ1n) is 12.9. The van der Waals surface area contributed by atoms with Crippen LogP contribution in [-0.2, 0) is 14.4 Å². The molecule has 2 aliphatic heterocycles. The third-order valence-electron chi connectivity index (χ3n) is 6.57. The predicted molar refractivity (Wildman–Crippen MR) is 143 cm³/mol. The van der Waals surface area contributed by atoms with E-state index in [-0.39, 0.29) is 29.6 Å². The molecule has 0 spiro atoms. The summed E-state index contributed by atoms with van der Waals surface area (Å²) < 4.78 is 6.31. The summed E-state index contributed by atoms with van der Waals surface area (Å²) in [4.78, 5) is 42.1. The van der Waals surface area contributed by atoms with Gasteiger partial charge in [0, 0.05) is 6.20 Å². The van der Waals surface area contributed by atoms with Crippen molar-refractivity contribution in [3.8, 4) is 5.75 Å². The predicted octanol–water partition coefficient (Wildman–Crippen LogP) is 3.18. The number of nitrogens with one attached hydrogen (secondary N) is 3. The molecular formula is C28H44N4O4. The number of benzene rings is 1. The molecule has 1 aromatic rings. The summed E-state index contributed by atoms with van der Waals surface area (Å²) in [5.41, 5.74) is 0.900. The fourth-order valence-electron chi connectivity index (χ4n) is 4.45. The lowest BCUT2D eigenvalue weighted by molar-refractivity contribution is -0.137. The van der Waals surface area contributed by atoms with E-state index >= 15 is 0 Å². The highest BCUT2D eigenvalue weighted by atomic mass is 16.5. The molecule has 8 nitrogen and oxygen atoms in total. The number of nitrogens with zero attached hydrogens (tertiary/aromatic N) is 1. The Kier molecular flexibility index (Phi) is 11.0. The lowest BCUT2D eigenvalue weighted by Gasteiger charge is -2.35. The van der Waals surface area contributed by atoms with Gasteiger partial charge in [-0.2, -0.15) is 0 Å². The highest BCUT2D eigenvalue weighted by molar-refractivity contribution is 5.94. The van der Waals surface area contributed by atoms with Crippen LogP contribution in [0.5, 0.6) is 5.75 Å². The van der Waals surface area contributed by atoms with Crippen LogP contribution in [0.25, 0.3) is 6.08 Å². The van der Waals surface area contributed by atoms with E-state index in [2.05, 4.69) is 16.0 Å². The third kappa shape index (κ3) is 8.08. The second-order valence-electron chi connectivity index (χ2n) is 10.7. The van der Waals surface area contributed by atoms with Crippen molar-refractivity contribution < 1.29 is 19.1 Å². The van der Waals surface area contributed by atoms with E-state index in [9.17, 15) is 14.4 Å². The lowest BCUT2D eigenvalue weighted by Crippen LogP contribution is -2.62. The number of hydrogen-bond acceptors (Lipinski definition) is 5. The number of hydrogen-bond donors (Lipinski definition) is 3. The van der Waals surface area contributed by atoms with Crippen molar-refractivity contribution in [2.75, 3.05) is 14.1 Å². The molecule has 0 radical (unpaired) electrons. The molecule has 3 rings (SSSR count). The van der Waals surface area contributed by atoms with Crippen LogP contribution in [0.2, 0.25) is 0 Å². The molecule has 0 aliphatic carbocycles. The van der Waals surface area contributed by atoms with Gasteiger partial charge in [-0.15, -0.1) is 0 Å². The molecule has 200 valence electrons. The Balaban J connectivity index is 2.52. The van der Waals surface area contributed by atoms with Crippen molar-refractivity contribution >= 4 is 23.8 Å². The van der Waals surface area contributed by atoms with Crippen molar-refractivity contribution in [1.82, 2.24) is 20.9 Å². The summed E-state index contributed by atoms with van der Waals surface area (Å²) in [6, 6.07) is 5.24. The van der Waals surface area contributed by atoms with E-state index < -0.39 is 30.1 Å². The molecule has 5 atom stereocenters. The van der Waals surface area contributed by atoms with E-state index in [1.54, 1.807) is 12.3 Å². The zero-order valence-electron chi connectivity index (χ0n) is 23.0. The van der Waals surface area contributed by atoms with Crippen LogP contribution in [0.1, 0.15) is 59.9 Å². The molecule has 0 unspecified atom stereocenters. The van der Waals surface area contributed by atoms with Crippen LogP contribution < -0.4 is 20.7 Å². The normalized spacial score (nSPS) is 22.6. The van der Waals surface area contributed by atoms with Gasteiger partial charge in [-0.05, 0) is 62.0 Å². The third-order valence-corrected chi connectivity index (χ3v) is 6.57. The zero-order valence-corrected chi connectivity index (χ0v) is 23.0. The molecule has 3 N–H and O–H groups in total. The molecule has 0 saturated heterocycles. The van der Waals surface area contributed by atoms with E-state index in [0.29, 0.717) is 12.2 Å². The van der Waals surface area contributed by atoms with Crippen molar-refractivity contribution in [3.63, 3.8) is 0 Å².